The summed E-state index contributed by atoms with van der Waals surface area (Å²) in [6, 6.07) is 3.91. The average Bonchev–Trinajstić information content (AvgIpc) is 2.40. The maximum atomic E-state index is 11.5. The molecule has 0 radical (unpaired) electrons. The van der Waals surface area contributed by atoms with Gasteiger partial charge in [-0.2, -0.15) is 5.10 Å². The number of piperazine rings is 1. The molecule has 1 saturated heterocycles. The van der Waals surface area contributed by atoms with Crippen LogP contribution < -0.4 is 4.90 Å². The monoisotopic (exact) mass is 250 g/mol. The molecule has 98 valence electrons. The fourth-order valence-electron chi connectivity index (χ4n) is 1.89. The molecule has 0 spiro atoms. The van der Waals surface area contributed by atoms with Crippen molar-refractivity contribution in [2.75, 3.05) is 37.7 Å². The molecule has 0 unspecified atom stereocenters. The lowest BCUT2D eigenvalue weighted by atomic mass is 10.3. The molecule has 1 amide bonds. The molecule has 2 heterocycles. The Morgan fingerprint density at radius 2 is 2.00 bits per heavy atom. The standard InChI is InChI=1S/C12H18N4O2/c1-3-18-12(17)16-8-6-15(7-9-16)11-5-4-10(2)13-14-11/h4-5H,3,6-9H2,1-2H3. The summed E-state index contributed by atoms with van der Waals surface area (Å²) in [6.45, 7) is 6.99. The molecule has 0 saturated carbocycles. The van der Waals surface area contributed by atoms with Gasteiger partial charge in [0, 0.05) is 26.2 Å². The second-order valence-electron chi connectivity index (χ2n) is 4.21. The number of amides is 1. The molecule has 6 nitrogen and oxygen atoms in total. The highest BCUT2D eigenvalue weighted by molar-refractivity contribution is 5.68. The van der Waals surface area contributed by atoms with E-state index in [4.69, 9.17) is 4.74 Å². The summed E-state index contributed by atoms with van der Waals surface area (Å²) in [5.41, 5.74) is 0.906. The number of carbonyl (C=O) groups is 1. The van der Waals surface area contributed by atoms with E-state index in [1.807, 2.05) is 26.0 Å². The normalized spacial score (nSPS) is 15.7. The highest BCUT2D eigenvalue weighted by Crippen LogP contribution is 2.13. The maximum Gasteiger partial charge on any atom is 0.409 e. The third-order valence-electron chi connectivity index (χ3n) is 2.91. The van der Waals surface area contributed by atoms with E-state index >= 15 is 0 Å². The number of hydrogen-bond donors (Lipinski definition) is 0. The predicted molar refractivity (Wildman–Crippen MR) is 67.6 cm³/mol. The summed E-state index contributed by atoms with van der Waals surface area (Å²) in [5.74, 6) is 0.865. The molecule has 1 fully saturated rings. The SMILES string of the molecule is CCOC(=O)N1CCN(c2ccc(C)nn2)CC1. The van der Waals surface area contributed by atoms with Crippen molar-refractivity contribution in [2.45, 2.75) is 13.8 Å². The number of hydrogen-bond acceptors (Lipinski definition) is 5. The molecule has 2 rings (SSSR count). The quantitative estimate of drug-likeness (QED) is 0.785. The molecule has 18 heavy (non-hydrogen) atoms. The molecule has 0 bridgehead atoms. The molecular formula is C12H18N4O2. The molecule has 1 aromatic heterocycles. The Hall–Kier alpha value is -1.85. The summed E-state index contributed by atoms with van der Waals surface area (Å²) >= 11 is 0. The van der Waals surface area contributed by atoms with Crippen LogP contribution in [-0.2, 0) is 4.74 Å². The minimum absolute atomic E-state index is 0.229. The van der Waals surface area contributed by atoms with E-state index in [0.29, 0.717) is 19.7 Å². The van der Waals surface area contributed by atoms with Gasteiger partial charge in [-0.1, -0.05) is 0 Å². The minimum Gasteiger partial charge on any atom is -0.450 e. The van der Waals surface area contributed by atoms with Crippen molar-refractivity contribution in [2.24, 2.45) is 0 Å². The van der Waals surface area contributed by atoms with Crippen LogP contribution in [0.1, 0.15) is 12.6 Å². The summed E-state index contributed by atoms with van der Waals surface area (Å²) in [6.07, 6.45) is -0.229. The van der Waals surface area contributed by atoms with Crippen molar-refractivity contribution >= 4 is 11.9 Å². The van der Waals surface area contributed by atoms with E-state index in [0.717, 1.165) is 24.6 Å². The summed E-state index contributed by atoms with van der Waals surface area (Å²) in [7, 11) is 0. The van der Waals surface area contributed by atoms with E-state index in [1.54, 1.807) is 4.90 Å². The van der Waals surface area contributed by atoms with Crippen LogP contribution in [0, 0.1) is 6.92 Å². The predicted octanol–water partition coefficient (Wildman–Crippen LogP) is 1.06. The minimum atomic E-state index is -0.229. The van der Waals surface area contributed by atoms with Crippen LogP contribution in [0.25, 0.3) is 0 Å². The van der Waals surface area contributed by atoms with Crippen LogP contribution >= 0.6 is 0 Å². The third kappa shape index (κ3) is 2.88. The van der Waals surface area contributed by atoms with Gasteiger partial charge in [-0.25, -0.2) is 4.79 Å². The number of ether oxygens (including phenoxy) is 1. The third-order valence-corrected chi connectivity index (χ3v) is 2.91. The first kappa shape index (κ1) is 12.6. The first-order valence-electron chi connectivity index (χ1n) is 6.17. The van der Waals surface area contributed by atoms with Crippen molar-refractivity contribution in [3.63, 3.8) is 0 Å². The van der Waals surface area contributed by atoms with Crippen molar-refractivity contribution in [3.8, 4) is 0 Å². The molecule has 0 atom stereocenters. The second kappa shape index (κ2) is 5.66. The Morgan fingerprint density at radius 1 is 1.28 bits per heavy atom. The smallest absolute Gasteiger partial charge is 0.409 e. The molecule has 6 heteroatoms. The number of rotatable bonds is 2. The fraction of sp³-hybridized carbons (Fsp3) is 0.583. The van der Waals surface area contributed by atoms with E-state index in [-0.39, 0.29) is 6.09 Å². The zero-order valence-corrected chi connectivity index (χ0v) is 10.8. The Kier molecular flexibility index (Phi) is 3.96. The average molecular weight is 250 g/mol. The summed E-state index contributed by atoms with van der Waals surface area (Å²) in [5, 5.41) is 8.19. The maximum absolute atomic E-state index is 11.5. The fourth-order valence-corrected chi connectivity index (χ4v) is 1.89. The van der Waals surface area contributed by atoms with E-state index in [9.17, 15) is 4.79 Å². The van der Waals surface area contributed by atoms with Gasteiger partial charge in [0.05, 0.1) is 12.3 Å². The van der Waals surface area contributed by atoms with Crippen molar-refractivity contribution in [1.29, 1.82) is 0 Å². The zero-order valence-electron chi connectivity index (χ0n) is 10.8. The number of carbonyl (C=O) groups excluding carboxylic acids is 1. The van der Waals surface area contributed by atoms with Crippen LogP contribution in [0.5, 0.6) is 0 Å². The number of aromatic nitrogens is 2. The van der Waals surface area contributed by atoms with Gasteiger partial charge >= 0.3 is 6.09 Å². The lowest BCUT2D eigenvalue weighted by Crippen LogP contribution is -2.49. The first-order chi connectivity index (χ1) is 8.70. The summed E-state index contributed by atoms with van der Waals surface area (Å²) in [4.78, 5) is 15.4. The van der Waals surface area contributed by atoms with Crippen LogP contribution in [0.3, 0.4) is 0 Å². The summed E-state index contributed by atoms with van der Waals surface area (Å²) < 4.78 is 4.98. The Morgan fingerprint density at radius 3 is 2.56 bits per heavy atom. The molecule has 0 N–H and O–H groups in total. The Labute approximate surface area is 107 Å². The van der Waals surface area contributed by atoms with Crippen LogP contribution in [0.15, 0.2) is 12.1 Å². The molecule has 1 aliphatic heterocycles. The van der Waals surface area contributed by atoms with Crippen molar-refractivity contribution in [3.05, 3.63) is 17.8 Å². The largest absolute Gasteiger partial charge is 0.450 e. The topological polar surface area (TPSA) is 58.6 Å². The van der Waals surface area contributed by atoms with Gasteiger partial charge in [0.1, 0.15) is 0 Å². The highest BCUT2D eigenvalue weighted by Gasteiger charge is 2.22. The second-order valence-corrected chi connectivity index (χ2v) is 4.21. The van der Waals surface area contributed by atoms with Crippen molar-refractivity contribution in [1.82, 2.24) is 15.1 Å². The Bertz CT molecular complexity index is 399. The van der Waals surface area contributed by atoms with Crippen LogP contribution in [0.4, 0.5) is 10.6 Å². The van der Waals surface area contributed by atoms with E-state index in [2.05, 4.69) is 15.1 Å². The molecule has 0 aliphatic carbocycles. The van der Waals surface area contributed by atoms with Crippen LogP contribution in [-0.4, -0.2) is 54.0 Å². The van der Waals surface area contributed by atoms with E-state index < -0.39 is 0 Å². The van der Waals surface area contributed by atoms with Gasteiger partial charge in [0.2, 0.25) is 0 Å². The molecule has 1 aliphatic rings. The van der Waals surface area contributed by atoms with Gasteiger partial charge in [0.25, 0.3) is 0 Å². The number of anilines is 1. The molecule has 0 aromatic carbocycles. The van der Waals surface area contributed by atoms with Crippen molar-refractivity contribution < 1.29 is 9.53 Å². The van der Waals surface area contributed by atoms with Gasteiger partial charge < -0.3 is 14.5 Å². The van der Waals surface area contributed by atoms with Gasteiger partial charge in [-0.3, -0.25) is 0 Å². The first-order valence-corrected chi connectivity index (χ1v) is 6.17. The van der Waals surface area contributed by atoms with Crippen LogP contribution in [0.2, 0.25) is 0 Å². The van der Waals surface area contributed by atoms with Gasteiger partial charge in [0.15, 0.2) is 5.82 Å². The highest BCUT2D eigenvalue weighted by atomic mass is 16.6. The zero-order chi connectivity index (χ0) is 13.0. The van der Waals surface area contributed by atoms with E-state index in [1.165, 1.54) is 0 Å². The lowest BCUT2D eigenvalue weighted by molar-refractivity contribution is 0.105. The lowest BCUT2D eigenvalue weighted by Gasteiger charge is -2.34. The van der Waals surface area contributed by atoms with Gasteiger partial charge in [-0.15, -0.1) is 5.10 Å². The molecule has 1 aromatic rings. The molecular weight excluding hydrogens is 232 g/mol. The number of aryl methyl sites for hydroxylation is 1. The number of nitrogens with zero attached hydrogens (tertiary/aromatic N) is 4. The van der Waals surface area contributed by atoms with Gasteiger partial charge in [-0.05, 0) is 26.0 Å². The Balaban J connectivity index is 1.90.